The summed E-state index contributed by atoms with van der Waals surface area (Å²) >= 11 is 0. The zero-order valence-electron chi connectivity index (χ0n) is 12.8. The van der Waals surface area contributed by atoms with E-state index in [-0.39, 0.29) is 21.2 Å². The van der Waals surface area contributed by atoms with Crippen LogP contribution in [0.3, 0.4) is 0 Å². The average Bonchev–Trinajstić information content (AvgIpc) is 3.05. The van der Waals surface area contributed by atoms with Gasteiger partial charge in [-0.1, -0.05) is 35.5 Å². The maximum absolute atomic E-state index is 12.8. The van der Waals surface area contributed by atoms with Gasteiger partial charge in [-0.3, -0.25) is 0 Å². The van der Waals surface area contributed by atoms with Crippen molar-refractivity contribution in [2.75, 3.05) is 0 Å². The zero-order chi connectivity index (χ0) is 18.2. The number of aryl methyl sites for hydroxylation is 1. The molecule has 0 aliphatic rings. The molecular formula is C16H11F3N2O3S. The molecule has 0 amide bonds. The fourth-order valence-corrected chi connectivity index (χ4v) is 3.79. The van der Waals surface area contributed by atoms with Gasteiger partial charge < -0.3 is 4.52 Å². The minimum Gasteiger partial charge on any atom is -0.329 e. The summed E-state index contributed by atoms with van der Waals surface area (Å²) in [6, 6.07) is 11.8. The normalized spacial score (nSPS) is 12.3. The molecule has 0 saturated carbocycles. The van der Waals surface area contributed by atoms with Gasteiger partial charge in [0.05, 0.1) is 9.79 Å². The van der Waals surface area contributed by atoms with Crippen LogP contribution in [0.4, 0.5) is 13.2 Å². The third-order valence-corrected chi connectivity index (χ3v) is 5.37. The predicted molar refractivity (Wildman–Crippen MR) is 81.4 cm³/mol. The van der Waals surface area contributed by atoms with Gasteiger partial charge in [-0.25, -0.2) is 8.42 Å². The van der Waals surface area contributed by atoms with Crippen LogP contribution in [-0.4, -0.2) is 18.6 Å². The van der Waals surface area contributed by atoms with E-state index >= 15 is 0 Å². The van der Waals surface area contributed by atoms with E-state index in [0.717, 1.165) is 0 Å². The van der Waals surface area contributed by atoms with Gasteiger partial charge in [0.2, 0.25) is 15.7 Å². The summed E-state index contributed by atoms with van der Waals surface area (Å²) in [6.07, 6.45) is -4.77. The first-order chi connectivity index (χ1) is 11.7. The van der Waals surface area contributed by atoms with Crippen LogP contribution in [0.5, 0.6) is 0 Å². The summed E-state index contributed by atoms with van der Waals surface area (Å²) in [5.74, 6) is -1.83. The lowest BCUT2D eigenvalue weighted by molar-refractivity contribution is -0.159. The zero-order valence-corrected chi connectivity index (χ0v) is 13.6. The number of benzene rings is 2. The molecular weight excluding hydrogens is 357 g/mol. The maximum atomic E-state index is 12.8. The van der Waals surface area contributed by atoms with Crippen molar-refractivity contribution in [3.05, 3.63) is 60.0 Å². The van der Waals surface area contributed by atoms with E-state index in [1.165, 1.54) is 30.3 Å². The Hall–Kier alpha value is -2.68. The van der Waals surface area contributed by atoms with Crippen LogP contribution in [0.2, 0.25) is 0 Å². The van der Waals surface area contributed by atoms with Crippen molar-refractivity contribution in [2.24, 2.45) is 0 Å². The van der Waals surface area contributed by atoms with Crippen molar-refractivity contribution >= 4 is 9.84 Å². The first-order valence-corrected chi connectivity index (χ1v) is 8.50. The van der Waals surface area contributed by atoms with Gasteiger partial charge in [-0.2, -0.15) is 18.2 Å². The van der Waals surface area contributed by atoms with Crippen molar-refractivity contribution in [1.82, 2.24) is 10.1 Å². The van der Waals surface area contributed by atoms with Crippen molar-refractivity contribution in [2.45, 2.75) is 22.9 Å². The standard InChI is InChI=1S/C16H11F3N2O3S/c1-10-5-2-3-8-13(10)25(22,23)12-7-4-6-11(9-12)14-20-15(24-21-14)16(17,18)19/h2-9H,1H3. The Labute approximate surface area is 141 Å². The molecule has 5 nitrogen and oxygen atoms in total. The minimum absolute atomic E-state index is 0.0716. The second-order valence-electron chi connectivity index (χ2n) is 5.22. The van der Waals surface area contributed by atoms with Gasteiger partial charge in [0.1, 0.15) is 0 Å². The monoisotopic (exact) mass is 368 g/mol. The fraction of sp³-hybridized carbons (Fsp3) is 0.125. The lowest BCUT2D eigenvalue weighted by atomic mass is 10.2. The van der Waals surface area contributed by atoms with Gasteiger partial charge in [-0.05, 0) is 30.7 Å². The molecule has 0 spiro atoms. The fourth-order valence-electron chi connectivity index (χ4n) is 2.24. The largest absolute Gasteiger partial charge is 0.471 e. The number of rotatable bonds is 3. The molecule has 0 bridgehead atoms. The van der Waals surface area contributed by atoms with Gasteiger partial charge in [0.25, 0.3) is 0 Å². The minimum atomic E-state index is -4.77. The number of halogens is 3. The molecule has 0 unspecified atom stereocenters. The lowest BCUT2D eigenvalue weighted by Crippen LogP contribution is -2.05. The first kappa shape index (κ1) is 17.2. The van der Waals surface area contributed by atoms with E-state index in [0.29, 0.717) is 5.56 Å². The van der Waals surface area contributed by atoms with Gasteiger partial charge >= 0.3 is 12.1 Å². The summed E-state index contributed by atoms with van der Waals surface area (Å²) < 4.78 is 67.4. The SMILES string of the molecule is Cc1ccccc1S(=O)(=O)c1cccc(-c2noc(C(F)(F)F)n2)c1. The van der Waals surface area contributed by atoms with Crippen LogP contribution < -0.4 is 0 Å². The topological polar surface area (TPSA) is 73.1 Å². The van der Waals surface area contributed by atoms with E-state index in [2.05, 4.69) is 14.7 Å². The van der Waals surface area contributed by atoms with Crippen LogP contribution in [-0.2, 0) is 16.0 Å². The molecule has 1 aromatic heterocycles. The molecule has 25 heavy (non-hydrogen) atoms. The molecule has 130 valence electrons. The van der Waals surface area contributed by atoms with E-state index in [9.17, 15) is 21.6 Å². The smallest absolute Gasteiger partial charge is 0.329 e. The van der Waals surface area contributed by atoms with Crippen LogP contribution in [0, 0.1) is 6.92 Å². The Morgan fingerprint density at radius 1 is 1.04 bits per heavy atom. The highest BCUT2D eigenvalue weighted by atomic mass is 32.2. The van der Waals surface area contributed by atoms with E-state index in [4.69, 9.17) is 0 Å². The molecule has 2 aromatic carbocycles. The highest BCUT2D eigenvalue weighted by Gasteiger charge is 2.38. The molecule has 0 radical (unpaired) electrons. The highest BCUT2D eigenvalue weighted by Crippen LogP contribution is 2.31. The summed E-state index contributed by atoms with van der Waals surface area (Å²) in [5.41, 5.74) is 0.667. The summed E-state index contributed by atoms with van der Waals surface area (Å²) in [7, 11) is -3.83. The van der Waals surface area contributed by atoms with Crippen molar-refractivity contribution in [3.63, 3.8) is 0 Å². The predicted octanol–water partition coefficient (Wildman–Crippen LogP) is 3.90. The first-order valence-electron chi connectivity index (χ1n) is 7.01. The molecule has 3 aromatic rings. The van der Waals surface area contributed by atoms with Gasteiger partial charge in [-0.15, -0.1) is 0 Å². The third-order valence-electron chi connectivity index (χ3n) is 3.45. The van der Waals surface area contributed by atoms with E-state index < -0.39 is 21.9 Å². The maximum Gasteiger partial charge on any atom is 0.471 e. The molecule has 0 fully saturated rings. The Kier molecular flexibility index (Phi) is 4.11. The van der Waals surface area contributed by atoms with E-state index in [1.54, 1.807) is 25.1 Å². The Morgan fingerprint density at radius 2 is 1.76 bits per heavy atom. The Balaban J connectivity index is 2.06. The second kappa shape index (κ2) is 5.99. The van der Waals surface area contributed by atoms with E-state index in [1.807, 2.05) is 0 Å². The quantitative estimate of drug-likeness (QED) is 0.701. The molecule has 0 aliphatic heterocycles. The van der Waals surface area contributed by atoms with Crippen molar-refractivity contribution < 1.29 is 26.1 Å². The second-order valence-corrected chi connectivity index (χ2v) is 7.14. The number of hydrogen-bond donors (Lipinski definition) is 0. The van der Waals surface area contributed by atoms with Gasteiger partial charge in [0, 0.05) is 5.56 Å². The number of sulfone groups is 1. The van der Waals surface area contributed by atoms with Crippen LogP contribution in [0.25, 0.3) is 11.4 Å². The van der Waals surface area contributed by atoms with Crippen molar-refractivity contribution in [3.8, 4) is 11.4 Å². The summed E-state index contributed by atoms with van der Waals surface area (Å²) in [6.45, 7) is 1.66. The van der Waals surface area contributed by atoms with Crippen LogP contribution in [0.1, 0.15) is 11.5 Å². The molecule has 9 heteroatoms. The third kappa shape index (κ3) is 3.27. The molecule has 0 aliphatic carbocycles. The molecule has 0 atom stereocenters. The summed E-state index contributed by atoms with van der Waals surface area (Å²) in [5, 5.41) is 3.27. The molecule has 0 saturated heterocycles. The highest BCUT2D eigenvalue weighted by molar-refractivity contribution is 7.91. The lowest BCUT2D eigenvalue weighted by Gasteiger charge is -2.08. The van der Waals surface area contributed by atoms with Crippen LogP contribution in [0.15, 0.2) is 62.8 Å². The number of aromatic nitrogens is 2. The molecule has 0 N–H and O–H groups in total. The average molecular weight is 368 g/mol. The number of nitrogens with zero attached hydrogens (tertiary/aromatic N) is 2. The molecule has 1 heterocycles. The number of hydrogen-bond acceptors (Lipinski definition) is 5. The van der Waals surface area contributed by atoms with Gasteiger partial charge in [0.15, 0.2) is 0 Å². The van der Waals surface area contributed by atoms with Crippen LogP contribution >= 0.6 is 0 Å². The Morgan fingerprint density at radius 3 is 2.40 bits per heavy atom. The summed E-state index contributed by atoms with van der Waals surface area (Å²) in [4.78, 5) is 3.32. The molecule has 3 rings (SSSR count). The number of alkyl halides is 3. The van der Waals surface area contributed by atoms with Crippen molar-refractivity contribution in [1.29, 1.82) is 0 Å². The Bertz CT molecular complexity index is 1030.